The third-order valence-corrected chi connectivity index (χ3v) is 4.51. The van der Waals surface area contributed by atoms with Crippen molar-refractivity contribution in [1.82, 2.24) is 0 Å². The molecule has 6 heteroatoms. The number of rotatable bonds is 6. The van der Waals surface area contributed by atoms with Crippen LogP contribution in [0.3, 0.4) is 0 Å². The zero-order valence-corrected chi connectivity index (χ0v) is 16.4. The van der Waals surface area contributed by atoms with Gasteiger partial charge in [-0.2, -0.15) is 8.78 Å². The van der Waals surface area contributed by atoms with E-state index in [1.165, 1.54) is 27.7 Å². The van der Waals surface area contributed by atoms with Gasteiger partial charge >= 0.3 is 17.9 Å². The molecule has 0 amide bonds. The lowest BCUT2D eigenvalue weighted by molar-refractivity contribution is -0.212. The Labute approximate surface area is 144 Å². The summed E-state index contributed by atoms with van der Waals surface area (Å²) in [6.45, 7) is 15.0. The van der Waals surface area contributed by atoms with Gasteiger partial charge in [0.05, 0.1) is 5.41 Å². The molecule has 0 fully saturated rings. The highest BCUT2D eigenvalue weighted by molar-refractivity contribution is 5.81. The van der Waals surface area contributed by atoms with Crippen LogP contribution in [0.25, 0.3) is 0 Å². The van der Waals surface area contributed by atoms with Crippen molar-refractivity contribution in [2.75, 3.05) is 0 Å². The largest absolute Gasteiger partial charge is 0.455 e. The summed E-state index contributed by atoms with van der Waals surface area (Å²) in [5.74, 6) is -6.30. The summed E-state index contributed by atoms with van der Waals surface area (Å²) in [6, 6.07) is 0. The number of halogens is 2. The Morgan fingerprint density at radius 2 is 1.38 bits per heavy atom. The van der Waals surface area contributed by atoms with Gasteiger partial charge in [-0.15, -0.1) is 0 Å². The smallest absolute Gasteiger partial charge is 0.381 e. The molecule has 2 atom stereocenters. The van der Waals surface area contributed by atoms with Crippen molar-refractivity contribution in [3.05, 3.63) is 0 Å². The summed E-state index contributed by atoms with van der Waals surface area (Å²) < 4.78 is 38.7. The third kappa shape index (κ3) is 5.15. The fraction of sp³-hybridized carbons (Fsp3) is 0.889. The Bertz CT molecular complexity index is 461. The van der Waals surface area contributed by atoms with Gasteiger partial charge in [-0.1, -0.05) is 34.6 Å². The number of carbonyl (C=O) groups excluding carboxylic acids is 2. The number of hydrogen-bond acceptors (Lipinski definition) is 4. The molecule has 0 bridgehead atoms. The molecule has 0 radical (unpaired) electrons. The highest BCUT2D eigenvalue weighted by Gasteiger charge is 2.54. The van der Waals surface area contributed by atoms with Crippen molar-refractivity contribution >= 4 is 11.9 Å². The van der Waals surface area contributed by atoms with Gasteiger partial charge < -0.3 is 9.47 Å². The van der Waals surface area contributed by atoms with E-state index < -0.39 is 40.4 Å². The molecule has 0 aliphatic rings. The van der Waals surface area contributed by atoms with Crippen LogP contribution in [0.15, 0.2) is 0 Å². The van der Waals surface area contributed by atoms with Crippen LogP contribution < -0.4 is 0 Å². The molecular formula is C18H32F2O4. The Morgan fingerprint density at radius 3 is 1.67 bits per heavy atom. The molecule has 0 aliphatic heterocycles. The van der Waals surface area contributed by atoms with E-state index in [-0.39, 0.29) is 6.42 Å². The molecule has 0 saturated carbocycles. The minimum absolute atomic E-state index is 0.193. The van der Waals surface area contributed by atoms with Crippen LogP contribution in [0.1, 0.15) is 75.2 Å². The molecule has 24 heavy (non-hydrogen) atoms. The molecule has 0 heterocycles. The van der Waals surface area contributed by atoms with Gasteiger partial charge in [0.2, 0.25) is 0 Å². The van der Waals surface area contributed by atoms with E-state index >= 15 is 0 Å². The lowest BCUT2D eigenvalue weighted by atomic mass is 9.66. The lowest BCUT2D eigenvalue weighted by Crippen LogP contribution is -2.50. The summed E-state index contributed by atoms with van der Waals surface area (Å²) in [4.78, 5) is 24.4. The van der Waals surface area contributed by atoms with Gasteiger partial charge in [-0.25, -0.2) is 4.79 Å². The predicted molar refractivity (Wildman–Crippen MR) is 88.8 cm³/mol. The van der Waals surface area contributed by atoms with Crippen molar-refractivity contribution in [2.24, 2.45) is 10.8 Å². The molecule has 0 aromatic carbocycles. The van der Waals surface area contributed by atoms with E-state index in [2.05, 4.69) is 0 Å². The Kier molecular flexibility index (Phi) is 6.99. The molecule has 0 aromatic rings. The molecule has 0 N–H and O–H groups in total. The first-order chi connectivity index (χ1) is 10.5. The fourth-order valence-electron chi connectivity index (χ4n) is 2.13. The summed E-state index contributed by atoms with van der Waals surface area (Å²) in [5.41, 5.74) is -2.46. The number of esters is 2. The first-order valence-corrected chi connectivity index (χ1v) is 8.35. The number of ether oxygens (including phenoxy) is 2. The molecular weight excluding hydrogens is 318 g/mol. The molecule has 142 valence electrons. The molecule has 0 spiro atoms. The second kappa shape index (κ2) is 7.36. The quantitative estimate of drug-likeness (QED) is 0.649. The summed E-state index contributed by atoms with van der Waals surface area (Å²) >= 11 is 0. The van der Waals surface area contributed by atoms with Crippen molar-refractivity contribution in [1.29, 1.82) is 0 Å². The molecule has 0 saturated heterocycles. The topological polar surface area (TPSA) is 52.6 Å². The minimum Gasteiger partial charge on any atom is -0.455 e. The first-order valence-electron chi connectivity index (χ1n) is 8.35. The van der Waals surface area contributed by atoms with E-state index in [1.54, 1.807) is 13.8 Å². The van der Waals surface area contributed by atoms with Gasteiger partial charge in [-0.3, -0.25) is 4.79 Å². The minimum atomic E-state index is -3.90. The molecule has 2 unspecified atom stereocenters. The number of alkyl halides is 2. The van der Waals surface area contributed by atoms with E-state index in [0.717, 1.165) is 0 Å². The van der Waals surface area contributed by atoms with Crippen LogP contribution in [0.2, 0.25) is 0 Å². The normalized spacial score (nSPS) is 17.0. The summed E-state index contributed by atoms with van der Waals surface area (Å²) in [7, 11) is 0. The van der Waals surface area contributed by atoms with Crippen LogP contribution in [-0.2, 0) is 19.1 Å². The lowest BCUT2D eigenvalue weighted by Gasteiger charge is -2.40. The Hall–Kier alpha value is -1.20. The van der Waals surface area contributed by atoms with Crippen LogP contribution in [0.4, 0.5) is 8.78 Å². The van der Waals surface area contributed by atoms with Gasteiger partial charge in [0.1, 0.15) is 5.60 Å². The predicted octanol–water partition coefficient (Wildman–Crippen LogP) is 4.75. The summed E-state index contributed by atoms with van der Waals surface area (Å²) in [6.07, 6.45) is -1.61. The SMILES string of the molecule is CCC(OC(=O)C(C)(CC)C(C)(C)C)C(F)(F)C(=O)OC(C)(C)C. The van der Waals surface area contributed by atoms with Crippen LogP contribution in [-0.4, -0.2) is 29.6 Å². The van der Waals surface area contributed by atoms with Gasteiger partial charge in [0.15, 0.2) is 6.10 Å². The standard InChI is InChI=1S/C18H32F2O4/c1-10-12(18(19,20)14(22)24-16(6,7)8)23-13(21)17(9,11-2)15(3,4)5/h12H,10-11H2,1-9H3. The van der Waals surface area contributed by atoms with Crippen LogP contribution in [0, 0.1) is 10.8 Å². The van der Waals surface area contributed by atoms with Gasteiger partial charge in [-0.05, 0) is 46.0 Å². The van der Waals surface area contributed by atoms with Gasteiger partial charge in [0.25, 0.3) is 0 Å². The maximum absolute atomic E-state index is 14.4. The molecule has 0 aromatic heterocycles. The van der Waals surface area contributed by atoms with Crippen molar-refractivity contribution < 1.29 is 27.8 Å². The maximum Gasteiger partial charge on any atom is 0.381 e. The fourth-order valence-corrected chi connectivity index (χ4v) is 2.13. The Morgan fingerprint density at radius 1 is 0.917 bits per heavy atom. The average Bonchev–Trinajstić information content (AvgIpc) is 2.39. The third-order valence-electron chi connectivity index (χ3n) is 4.51. The van der Waals surface area contributed by atoms with Crippen LogP contribution >= 0.6 is 0 Å². The highest BCUT2D eigenvalue weighted by Crippen LogP contribution is 2.43. The maximum atomic E-state index is 14.4. The zero-order chi connectivity index (χ0) is 19.6. The van der Waals surface area contributed by atoms with E-state index in [4.69, 9.17) is 9.47 Å². The zero-order valence-electron chi connectivity index (χ0n) is 16.4. The van der Waals surface area contributed by atoms with Gasteiger partial charge in [0, 0.05) is 0 Å². The van der Waals surface area contributed by atoms with Crippen molar-refractivity contribution in [2.45, 2.75) is 92.8 Å². The molecule has 4 nitrogen and oxygen atoms in total. The van der Waals surface area contributed by atoms with Crippen molar-refractivity contribution in [3.63, 3.8) is 0 Å². The van der Waals surface area contributed by atoms with E-state index in [9.17, 15) is 18.4 Å². The van der Waals surface area contributed by atoms with Crippen molar-refractivity contribution in [3.8, 4) is 0 Å². The van der Waals surface area contributed by atoms with E-state index in [0.29, 0.717) is 6.42 Å². The number of carbonyl (C=O) groups is 2. The monoisotopic (exact) mass is 350 g/mol. The number of hydrogen-bond donors (Lipinski definition) is 0. The molecule has 0 aliphatic carbocycles. The van der Waals surface area contributed by atoms with Crippen LogP contribution in [0.5, 0.6) is 0 Å². The average molecular weight is 350 g/mol. The molecule has 0 rings (SSSR count). The first kappa shape index (κ1) is 22.8. The second-order valence-corrected chi connectivity index (χ2v) is 8.36. The van der Waals surface area contributed by atoms with E-state index in [1.807, 2.05) is 20.8 Å². The summed E-state index contributed by atoms with van der Waals surface area (Å²) in [5, 5.41) is 0. The second-order valence-electron chi connectivity index (χ2n) is 8.36. The Balaban J connectivity index is 5.43. The highest BCUT2D eigenvalue weighted by atomic mass is 19.3.